The van der Waals surface area contributed by atoms with E-state index in [0.717, 1.165) is 21.3 Å². The molecular weight excluding hydrogens is 546 g/mol. The van der Waals surface area contributed by atoms with Gasteiger partial charge in [0.2, 0.25) is 0 Å². The predicted molar refractivity (Wildman–Crippen MR) is 146 cm³/mol. The SMILES string of the molecule is CC.COC(=O)C1=Cc2cc(Br)cnc2C(N2CCN(C(=O)OC(C)(C)C)CC2)c2ccc(Cl)cc21. The quantitative estimate of drug-likeness (QED) is 0.396. The molecule has 0 spiro atoms. The Balaban J connectivity index is 0.00000176. The first-order valence-corrected chi connectivity index (χ1v) is 13.2. The van der Waals surface area contributed by atoms with Crippen LogP contribution in [0, 0.1) is 0 Å². The monoisotopic (exact) mass is 577 g/mol. The third kappa shape index (κ3) is 6.28. The number of carbonyl (C=O) groups excluding carboxylic acids is 2. The molecule has 0 bridgehead atoms. The summed E-state index contributed by atoms with van der Waals surface area (Å²) in [6, 6.07) is 7.28. The molecule has 0 radical (unpaired) electrons. The smallest absolute Gasteiger partial charge is 0.410 e. The second-order valence-corrected chi connectivity index (χ2v) is 10.7. The Kier molecular flexibility index (Phi) is 9.19. The van der Waals surface area contributed by atoms with Crippen LogP contribution in [0.15, 0.2) is 34.9 Å². The molecule has 1 aliphatic carbocycles. The van der Waals surface area contributed by atoms with Crippen LogP contribution >= 0.6 is 27.5 Å². The van der Waals surface area contributed by atoms with Crippen LogP contribution in [0.5, 0.6) is 0 Å². The Bertz CT molecular complexity index is 1150. The van der Waals surface area contributed by atoms with E-state index in [1.165, 1.54) is 7.11 Å². The van der Waals surface area contributed by atoms with Crippen LogP contribution in [-0.4, -0.2) is 65.7 Å². The lowest BCUT2D eigenvalue weighted by Gasteiger charge is -2.40. The molecule has 7 nitrogen and oxygen atoms in total. The fraction of sp³-hybridized carbons (Fsp3) is 0.444. The molecule has 2 aromatic rings. The number of rotatable bonds is 2. The van der Waals surface area contributed by atoms with E-state index in [-0.39, 0.29) is 12.1 Å². The number of ether oxygens (including phenoxy) is 2. The van der Waals surface area contributed by atoms with Crippen LogP contribution < -0.4 is 0 Å². The normalized spacial score (nSPS) is 17.5. The average Bonchev–Trinajstić information content (AvgIpc) is 2.98. The van der Waals surface area contributed by atoms with E-state index in [1.54, 1.807) is 17.2 Å². The number of aromatic nitrogens is 1. The minimum Gasteiger partial charge on any atom is -0.465 e. The topological polar surface area (TPSA) is 72.0 Å². The molecule has 36 heavy (non-hydrogen) atoms. The summed E-state index contributed by atoms with van der Waals surface area (Å²) in [5, 5.41) is 0.530. The summed E-state index contributed by atoms with van der Waals surface area (Å²) in [7, 11) is 1.37. The number of fused-ring (bicyclic) bond motifs is 2. The lowest BCUT2D eigenvalue weighted by Crippen LogP contribution is -2.51. The fourth-order valence-corrected chi connectivity index (χ4v) is 4.85. The number of benzene rings is 1. The first kappa shape index (κ1) is 28.2. The highest BCUT2D eigenvalue weighted by Crippen LogP contribution is 2.41. The molecule has 194 valence electrons. The summed E-state index contributed by atoms with van der Waals surface area (Å²) in [5.41, 5.74) is 3.17. The Labute approximate surface area is 226 Å². The van der Waals surface area contributed by atoms with E-state index in [1.807, 2.05) is 58.9 Å². The van der Waals surface area contributed by atoms with E-state index in [0.29, 0.717) is 42.3 Å². The number of halogens is 2. The second-order valence-electron chi connectivity index (χ2n) is 9.32. The highest BCUT2D eigenvalue weighted by atomic mass is 79.9. The molecule has 1 unspecified atom stereocenters. The highest BCUT2D eigenvalue weighted by Gasteiger charge is 2.35. The first-order chi connectivity index (χ1) is 17.1. The third-order valence-corrected chi connectivity index (χ3v) is 6.48. The van der Waals surface area contributed by atoms with E-state index in [2.05, 4.69) is 20.8 Å². The van der Waals surface area contributed by atoms with Crippen molar-refractivity contribution in [2.75, 3.05) is 33.3 Å². The molecule has 4 rings (SSSR count). The zero-order valence-corrected chi connectivity index (χ0v) is 23.9. The molecular formula is C27H33BrClN3O4. The van der Waals surface area contributed by atoms with E-state index in [4.69, 9.17) is 26.1 Å². The number of nitrogens with zero attached hydrogens (tertiary/aromatic N) is 3. The number of hydrogen-bond acceptors (Lipinski definition) is 6. The Morgan fingerprint density at radius 1 is 1.11 bits per heavy atom. The molecule has 1 aromatic carbocycles. The van der Waals surface area contributed by atoms with Gasteiger partial charge < -0.3 is 14.4 Å². The van der Waals surface area contributed by atoms with Crippen molar-refractivity contribution in [3.63, 3.8) is 0 Å². The standard InChI is InChI=1S/C25H27BrClN3O4.C2H6/c1-25(2,3)34-24(32)30-9-7-29(8-10-30)22-18-6-5-17(27)13-19(18)20(23(31)33-4)12-15-11-16(26)14-28-21(15)22;1-2/h5-6,11-14,22H,7-10H2,1-4H3;1-2H3. The lowest BCUT2D eigenvalue weighted by atomic mass is 9.93. The van der Waals surface area contributed by atoms with Gasteiger partial charge in [-0.3, -0.25) is 9.88 Å². The van der Waals surface area contributed by atoms with Gasteiger partial charge in [0.15, 0.2) is 0 Å². The van der Waals surface area contributed by atoms with E-state index in [9.17, 15) is 9.59 Å². The van der Waals surface area contributed by atoms with Crippen molar-refractivity contribution in [2.24, 2.45) is 0 Å². The van der Waals surface area contributed by atoms with Gasteiger partial charge in [0.25, 0.3) is 0 Å². The van der Waals surface area contributed by atoms with Gasteiger partial charge in [-0.05, 0) is 77.7 Å². The fourth-order valence-electron chi connectivity index (χ4n) is 4.33. The minimum atomic E-state index is -0.542. The summed E-state index contributed by atoms with van der Waals surface area (Å²) in [5.74, 6) is -0.440. The van der Waals surface area contributed by atoms with Gasteiger partial charge in [-0.25, -0.2) is 9.59 Å². The van der Waals surface area contributed by atoms with Crippen molar-refractivity contribution < 1.29 is 19.1 Å². The molecule has 0 N–H and O–H groups in total. The largest absolute Gasteiger partial charge is 0.465 e. The van der Waals surface area contributed by atoms with Crippen molar-refractivity contribution in [3.8, 4) is 0 Å². The summed E-state index contributed by atoms with van der Waals surface area (Å²) < 4.78 is 11.4. The number of amides is 1. The lowest BCUT2D eigenvalue weighted by molar-refractivity contribution is -0.133. The zero-order valence-electron chi connectivity index (χ0n) is 21.6. The van der Waals surface area contributed by atoms with Gasteiger partial charge in [-0.2, -0.15) is 0 Å². The van der Waals surface area contributed by atoms with E-state index >= 15 is 0 Å². The molecule has 2 aliphatic rings. The molecule has 1 amide bonds. The second kappa shape index (κ2) is 11.8. The number of hydrogen-bond donors (Lipinski definition) is 0. The molecule has 1 saturated heterocycles. The summed E-state index contributed by atoms with van der Waals surface area (Å²) in [4.78, 5) is 34.1. The molecule has 1 aliphatic heterocycles. The van der Waals surface area contributed by atoms with Gasteiger partial charge in [-0.1, -0.05) is 31.5 Å². The van der Waals surface area contributed by atoms with Crippen molar-refractivity contribution >= 4 is 51.2 Å². The summed E-state index contributed by atoms with van der Waals surface area (Å²) >= 11 is 9.85. The predicted octanol–water partition coefficient (Wildman–Crippen LogP) is 6.19. The van der Waals surface area contributed by atoms with Crippen molar-refractivity contribution in [3.05, 3.63) is 62.3 Å². The van der Waals surface area contributed by atoms with Crippen molar-refractivity contribution in [2.45, 2.75) is 46.3 Å². The third-order valence-electron chi connectivity index (χ3n) is 5.81. The summed E-state index contributed by atoms with van der Waals surface area (Å²) in [6.07, 6.45) is 3.26. The number of methoxy groups -OCH3 is 1. The molecule has 1 aromatic heterocycles. The first-order valence-electron chi connectivity index (χ1n) is 12.0. The van der Waals surface area contributed by atoms with Crippen molar-refractivity contribution in [1.82, 2.24) is 14.8 Å². The molecule has 0 saturated carbocycles. The van der Waals surface area contributed by atoms with Gasteiger partial charge in [0.1, 0.15) is 5.60 Å². The van der Waals surface area contributed by atoms with Crippen LogP contribution in [0.1, 0.15) is 63.0 Å². The van der Waals surface area contributed by atoms with Crippen LogP contribution in [0.2, 0.25) is 5.02 Å². The number of esters is 1. The summed E-state index contributed by atoms with van der Waals surface area (Å²) in [6.45, 7) is 11.9. The minimum absolute atomic E-state index is 0.227. The van der Waals surface area contributed by atoms with Crippen LogP contribution in [0.4, 0.5) is 4.79 Å². The Morgan fingerprint density at radius 2 is 1.78 bits per heavy atom. The number of carbonyl (C=O) groups is 2. The maximum atomic E-state index is 12.8. The van der Waals surface area contributed by atoms with Gasteiger partial charge in [0, 0.05) is 41.9 Å². The van der Waals surface area contributed by atoms with Crippen molar-refractivity contribution in [1.29, 1.82) is 0 Å². The van der Waals surface area contributed by atoms with Gasteiger partial charge in [-0.15, -0.1) is 0 Å². The molecule has 9 heteroatoms. The molecule has 1 fully saturated rings. The van der Waals surface area contributed by atoms with Crippen LogP contribution in [0.3, 0.4) is 0 Å². The highest BCUT2D eigenvalue weighted by molar-refractivity contribution is 9.10. The zero-order chi connectivity index (χ0) is 26.6. The molecule has 1 atom stereocenters. The number of piperazine rings is 1. The molecule has 2 heterocycles. The van der Waals surface area contributed by atoms with Crippen LogP contribution in [-0.2, 0) is 14.3 Å². The average molecular weight is 579 g/mol. The maximum absolute atomic E-state index is 12.8. The van der Waals surface area contributed by atoms with Gasteiger partial charge in [0.05, 0.1) is 24.4 Å². The van der Waals surface area contributed by atoms with Crippen LogP contribution in [0.25, 0.3) is 11.6 Å². The Morgan fingerprint density at radius 3 is 2.39 bits per heavy atom. The maximum Gasteiger partial charge on any atom is 0.410 e. The van der Waals surface area contributed by atoms with E-state index < -0.39 is 11.6 Å². The van der Waals surface area contributed by atoms with Gasteiger partial charge >= 0.3 is 12.1 Å². The Hall–Kier alpha value is -2.42. The number of pyridine rings is 1.